The zero-order valence-corrected chi connectivity index (χ0v) is 45.3. The van der Waals surface area contributed by atoms with E-state index in [9.17, 15) is 19.2 Å². The monoisotopic (exact) mass is 941 g/mol. The van der Waals surface area contributed by atoms with Crippen LogP contribution in [0.15, 0.2) is 11.5 Å². The number of aliphatic hydroxyl groups excluding tert-OH is 1. The number of hydrogen-bond acceptors (Lipinski definition) is 13. The molecule has 2 rings (SSSR count). The smallest absolute Gasteiger partial charge is 0.320 e. The van der Waals surface area contributed by atoms with Crippen molar-refractivity contribution in [1.82, 2.24) is 20.9 Å². The zero-order valence-electron chi connectivity index (χ0n) is 44.5. The van der Waals surface area contributed by atoms with E-state index in [2.05, 4.69) is 74.8 Å². The molecule has 5 atom stereocenters. The third-order valence-corrected chi connectivity index (χ3v) is 12.0. The summed E-state index contributed by atoms with van der Waals surface area (Å²) < 4.78 is 22.8. The first kappa shape index (κ1) is 64.3. The summed E-state index contributed by atoms with van der Waals surface area (Å²) in [6.07, 6.45) is 8.67. The van der Waals surface area contributed by atoms with Crippen molar-refractivity contribution in [2.75, 3.05) is 40.0 Å². The van der Waals surface area contributed by atoms with E-state index in [1.165, 1.54) is 0 Å². The number of carbonyl (C=O) groups is 4. The van der Waals surface area contributed by atoms with Crippen LogP contribution >= 0.6 is 11.3 Å². The van der Waals surface area contributed by atoms with Crippen LogP contribution < -0.4 is 16.0 Å². The molecule has 4 N–H and O–H groups in total. The van der Waals surface area contributed by atoms with Gasteiger partial charge in [0.15, 0.2) is 0 Å². The number of aromatic nitrogens is 1. The SMILES string of the molecule is C/C=C\c1csc(C)n1.CC1CCCNC(=O)CC(OC(=O)CNC(C)(C)CCOC(C)(C)C)C(C)(C)C(=O)C(C)[C@@H](OC=O)C(C)CCC1.CCNC(C)(C)CCOC(C)(C)C.CO. The molecule has 0 bridgehead atoms. The van der Waals surface area contributed by atoms with Crippen molar-refractivity contribution in [3.05, 3.63) is 22.2 Å². The Morgan fingerprint density at radius 3 is 1.92 bits per heavy atom. The first-order valence-electron chi connectivity index (χ1n) is 23.9. The van der Waals surface area contributed by atoms with Gasteiger partial charge in [-0.3, -0.25) is 19.2 Å². The van der Waals surface area contributed by atoms with E-state index in [1.54, 1.807) is 32.1 Å². The second kappa shape index (κ2) is 32.1. The summed E-state index contributed by atoms with van der Waals surface area (Å²) in [6, 6.07) is 0. The van der Waals surface area contributed by atoms with E-state index in [-0.39, 0.29) is 47.3 Å². The van der Waals surface area contributed by atoms with Crippen LogP contribution in [0.25, 0.3) is 6.08 Å². The van der Waals surface area contributed by atoms with Crippen LogP contribution in [0.2, 0.25) is 0 Å². The van der Waals surface area contributed by atoms with Gasteiger partial charge < -0.3 is 40.0 Å². The minimum absolute atomic E-state index is 0.0116. The molecule has 14 heteroatoms. The first-order chi connectivity index (χ1) is 30.0. The highest BCUT2D eigenvalue weighted by Gasteiger charge is 2.45. The molecule has 1 fully saturated rings. The number of carbonyl (C=O) groups excluding carboxylic acids is 4. The van der Waals surface area contributed by atoms with Gasteiger partial charge in [-0.15, -0.1) is 11.3 Å². The van der Waals surface area contributed by atoms with E-state index in [0.29, 0.717) is 32.0 Å². The highest BCUT2D eigenvalue weighted by molar-refractivity contribution is 7.09. The van der Waals surface area contributed by atoms with Gasteiger partial charge in [-0.1, -0.05) is 46.6 Å². The molecule has 0 aliphatic carbocycles. The first-order valence-corrected chi connectivity index (χ1v) is 24.7. The molecule has 1 aromatic heterocycles. The Morgan fingerprint density at radius 2 is 1.45 bits per heavy atom. The van der Waals surface area contributed by atoms with Gasteiger partial charge in [-0.2, -0.15) is 0 Å². The second-order valence-electron chi connectivity index (χ2n) is 21.1. The Labute approximate surface area is 400 Å². The number of nitrogens with zero attached hydrogens (tertiary/aromatic N) is 1. The number of allylic oxidation sites excluding steroid dienone is 1. The van der Waals surface area contributed by atoms with Crippen molar-refractivity contribution in [3.8, 4) is 0 Å². The molecule has 2 heterocycles. The molecule has 1 saturated heterocycles. The van der Waals surface area contributed by atoms with Gasteiger partial charge in [-0.05, 0) is 153 Å². The van der Waals surface area contributed by atoms with Crippen molar-refractivity contribution in [2.45, 2.75) is 210 Å². The van der Waals surface area contributed by atoms with E-state index in [0.717, 1.165) is 69.5 Å². The lowest BCUT2D eigenvalue weighted by Gasteiger charge is -2.37. The fraction of sp³-hybridized carbons (Fsp3) is 0.824. The van der Waals surface area contributed by atoms with Crippen LogP contribution in [0.5, 0.6) is 0 Å². The Morgan fingerprint density at radius 1 is 0.908 bits per heavy atom. The largest absolute Gasteiger partial charge is 0.464 e. The molecule has 0 spiro atoms. The minimum Gasteiger partial charge on any atom is -0.464 e. The van der Waals surface area contributed by atoms with Gasteiger partial charge in [0, 0.05) is 43.3 Å². The number of hydrogen-bond donors (Lipinski definition) is 4. The molecule has 1 aliphatic rings. The molecule has 65 heavy (non-hydrogen) atoms. The standard InChI is InChI=1S/C32H58N2O7.C11H25NO.C7H9NS.CH4O/c1-22-13-11-15-23(2)28(39-21-35)24(3)29(38)32(9,10)25(19-26(36)33-17-12-14-22)41-27(37)20-34-31(7,8)16-18-40-30(4,5)6;1-7-12-11(5,6)8-9-13-10(2,3)4;1-3-4-7-5-9-6(2)8-7;1-2/h21-25,28,34H,11-20H2,1-10H3,(H,33,36);12H,7-9H2,1-6H3;3-5H,1-2H3;2H,1H3/b;;4-3-;/t22?,23?,24?,25?,28-;;;/m0.../s1. The van der Waals surface area contributed by atoms with Crippen LogP contribution in [0.3, 0.4) is 0 Å². The van der Waals surface area contributed by atoms with Crippen molar-refractivity contribution >= 4 is 41.5 Å². The fourth-order valence-corrected chi connectivity index (χ4v) is 7.76. The average Bonchev–Trinajstić information content (AvgIpc) is 3.61. The normalized spacial score (nSPS) is 21.6. The van der Waals surface area contributed by atoms with Crippen molar-refractivity contribution < 1.29 is 43.2 Å². The van der Waals surface area contributed by atoms with Gasteiger partial charge in [0.25, 0.3) is 6.47 Å². The number of aliphatic hydroxyl groups is 1. The summed E-state index contributed by atoms with van der Waals surface area (Å²) in [5.74, 6) is -1.18. The summed E-state index contributed by atoms with van der Waals surface area (Å²) in [4.78, 5) is 55.5. The Bertz CT molecular complexity index is 1500. The van der Waals surface area contributed by atoms with Gasteiger partial charge in [0.1, 0.15) is 18.0 Å². The van der Waals surface area contributed by atoms with Crippen LogP contribution in [0.4, 0.5) is 0 Å². The highest BCUT2D eigenvalue weighted by atomic mass is 32.1. The number of ketones is 1. The van der Waals surface area contributed by atoms with Crippen LogP contribution in [-0.4, -0.2) is 109 Å². The van der Waals surface area contributed by atoms with Gasteiger partial charge in [0.05, 0.1) is 46.2 Å². The fourth-order valence-electron chi connectivity index (χ4n) is 7.18. The summed E-state index contributed by atoms with van der Waals surface area (Å²) in [5, 5.41) is 19.8. The zero-order chi connectivity index (χ0) is 50.7. The summed E-state index contributed by atoms with van der Waals surface area (Å²) in [6.45, 7) is 39.4. The molecule has 1 amide bonds. The Balaban J connectivity index is 0. The molecule has 0 radical (unpaired) electrons. The van der Waals surface area contributed by atoms with Gasteiger partial charge >= 0.3 is 5.97 Å². The maximum Gasteiger partial charge on any atom is 0.320 e. The molecule has 0 aromatic carbocycles. The maximum absolute atomic E-state index is 13.9. The average molecular weight is 941 g/mol. The van der Waals surface area contributed by atoms with Crippen LogP contribution in [-0.2, 0) is 38.1 Å². The predicted molar refractivity (Wildman–Crippen MR) is 268 cm³/mol. The molecule has 1 aliphatic heterocycles. The van der Waals surface area contributed by atoms with E-state index >= 15 is 0 Å². The molecule has 380 valence electrons. The number of amides is 1. The lowest BCUT2D eigenvalue weighted by atomic mass is 9.72. The Hall–Kier alpha value is -2.75. The second-order valence-corrected chi connectivity index (χ2v) is 22.2. The number of Topliss-reactive ketones (excluding diaryl/α,β-unsaturated/α-hetero) is 1. The third kappa shape index (κ3) is 31.0. The van der Waals surface area contributed by atoms with Crippen LogP contribution in [0.1, 0.15) is 180 Å². The van der Waals surface area contributed by atoms with Crippen molar-refractivity contribution in [2.24, 2.45) is 23.2 Å². The summed E-state index contributed by atoms with van der Waals surface area (Å²) in [5.41, 5.74) is -0.587. The summed E-state index contributed by atoms with van der Waals surface area (Å²) >= 11 is 1.68. The minimum atomic E-state index is -1.20. The van der Waals surface area contributed by atoms with Crippen LogP contribution in [0, 0.1) is 30.1 Å². The molecular weight excluding hydrogens is 845 g/mol. The van der Waals surface area contributed by atoms with E-state index < -0.39 is 35.0 Å². The number of nitrogens with one attached hydrogen (secondary N) is 3. The topological polar surface area (TPSA) is 174 Å². The lowest BCUT2D eigenvalue weighted by molar-refractivity contribution is -0.163. The molecule has 0 saturated carbocycles. The summed E-state index contributed by atoms with van der Waals surface area (Å²) in [7, 11) is 1.00. The predicted octanol–water partition coefficient (Wildman–Crippen LogP) is 9.66. The number of thiazole rings is 1. The number of rotatable bonds is 15. The number of esters is 1. The van der Waals surface area contributed by atoms with Crippen molar-refractivity contribution in [3.63, 3.8) is 0 Å². The highest BCUT2D eigenvalue weighted by Crippen LogP contribution is 2.35. The number of ether oxygens (including phenoxy) is 4. The van der Waals surface area contributed by atoms with E-state index in [4.69, 9.17) is 24.1 Å². The molecular formula is C51H96N4O9S. The Kier molecular flexibility index (Phi) is 31.8. The quantitative estimate of drug-likeness (QED) is 0.0970. The van der Waals surface area contributed by atoms with Gasteiger partial charge in [0.2, 0.25) is 5.91 Å². The molecule has 4 unspecified atom stereocenters. The third-order valence-electron chi connectivity index (χ3n) is 11.2. The van der Waals surface area contributed by atoms with Crippen molar-refractivity contribution in [1.29, 1.82) is 0 Å². The van der Waals surface area contributed by atoms with Gasteiger partial charge in [-0.25, -0.2) is 4.98 Å². The maximum atomic E-state index is 13.9. The number of aryl methyl sites for hydroxylation is 1. The molecule has 13 nitrogen and oxygen atoms in total. The lowest BCUT2D eigenvalue weighted by Crippen LogP contribution is -2.50. The molecule has 1 aromatic rings. The van der Waals surface area contributed by atoms with E-state index in [1.807, 2.05) is 67.5 Å².